The molecule has 88 valence electrons. The quantitative estimate of drug-likeness (QED) is 0.834. The Morgan fingerprint density at radius 1 is 1.35 bits per heavy atom. The minimum atomic E-state index is -0.896. The topological polar surface area (TPSA) is 33.6 Å². The van der Waals surface area contributed by atoms with Crippen molar-refractivity contribution in [3.05, 3.63) is 40.4 Å². The van der Waals surface area contributed by atoms with Gasteiger partial charge in [0.25, 0.3) is 0 Å². The van der Waals surface area contributed by atoms with Crippen LogP contribution in [-0.2, 0) is 0 Å². The first-order valence-electron chi connectivity index (χ1n) is 5.30. The Kier molecular flexibility index (Phi) is 2.32. The zero-order chi connectivity index (χ0) is 12.0. The third-order valence-electron chi connectivity index (χ3n) is 2.81. The van der Waals surface area contributed by atoms with E-state index in [0.717, 1.165) is 18.9 Å². The standard InChI is InChI=1S/C11H9F2N3S/c12-7-2-1-3-8(9(7)13)16-10(6-4-5-6)14-15-11(16)17/h1-3,6H,4-5H2,(H,15,17). The van der Waals surface area contributed by atoms with Gasteiger partial charge in [0, 0.05) is 5.92 Å². The highest BCUT2D eigenvalue weighted by Crippen LogP contribution is 2.39. The van der Waals surface area contributed by atoms with E-state index in [0.29, 0.717) is 11.7 Å². The Labute approximate surface area is 101 Å². The van der Waals surface area contributed by atoms with Crippen LogP contribution in [0.5, 0.6) is 0 Å². The number of nitrogens with zero attached hydrogens (tertiary/aromatic N) is 2. The largest absolute Gasteiger partial charge is 0.269 e. The molecule has 1 fully saturated rings. The monoisotopic (exact) mass is 253 g/mol. The number of aromatic nitrogens is 3. The molecule has 1 saturated carbocycles. The summed E-state index contributed by atoms with van der Waals surface area (Å²) in [4.78, 5) is 0. The molecule has 3 nitrogen and oxygen atoms in total. The van der Waals surface area contributed by atoms with Gasteiger partial charge >= 0.3 is 0 Å². The minimum absolute atomic E-state index is 0.116. The van der Waals surface area contributed by atoms with Crippen molar-refractivity contribution in [2.45, 2.75) is 18.8 Å². The molecule has 3 rings (SSSR count). The van der Waals surface area contributed by atoms with Crippen LogP contribution in [0.1, 0.15) is 24.6 Å². The normalized spacial score (nSPS) is 15.2. The van der Waals surface area contributed by atoms with Crippen LogP contribution in [0.4, 0.5) is 8.78 Å². The average Bonchev–Trinajstić information content (AvgIpc) is 3.08. The number of hydrogen-bond acceptors (Lipinski definition) is 2. The number of halogens is 2. The van der Waals surface area contributed by atoms with Crippen LogP contribution in [0.15, 0.2) is 18.2 Å². The van der Waals surface area contributed by atoms with Crippen LogP contribution >= 0.6 is 12.2 Å². The molecule has 1 aromatic carbocycles. The van der Waals surface area contributed by atoms with Gasteiger partial charge in [0.1, 0.15) is 5.82 Å². The zero-order valence-electron chi connectivity index (χ0n) is 8.78. The van der Waals surface area contributed by atoms with Crippen molar-refractivity contribution >= 4 is 12.2 Å². The van der Waals surface area contributed by atoms with Crippen molar-refractivity contribution in [3.63, 3.8) is 0 Å². The lowest BCUT2D eigenvalue weighted by molar-refractivity contribution is 0.503. The Morgan fingerprint density at radius 3 is 2.82 bits per heavy atom. The summed E-state index contributed by atoms with van der Waals surface area (Å²) in [5, 5.41) is 6.71. The van der Waals surface area contributed by atoms with Gasteiger partial charge in [0.05, 0.1) is 5.69 Å². The van der Waals surface area contributed by atoms with E-state index in [4.69, 9.17) is 12.2 Å². The van der Waals surface area contributed by atoms with Crippen LogP contribution in [0.25, 0.3) is 5.69 Å². The lowest BCUT2D eigenvalue weighted by Crippen LogP contribution is -2.04. The third-order valence-corrected chi connectivity index (χ3v) is 3.09. The van der Waals surface area contributed by atoms with Crippen molar-refractivity contribution in [1.82, 2.24) is 14.8 Å². The Bertz CT molecular complexity index is 628. The first-order chi connectivity index (χ1) is 8.18. The van der Waals surface area contributed by atoms with Gasteiger partial charge in [-0.25, -0.2) is 8.78 Å². The third kappa shape index (κ3) is 1.68. The van der Waals surface area contributed by atoms with Gasteiger partial charge in [0.2, 0.25) is 0 Å². The van der Waals surface area contributed by atoms with E-state index in [1.54, 1.807) is 0 Å². The molecule has 0 bridgehead atoms. The molecule has 6 heteroatoms. The van der Waals surface area contributed by atoms with Crippen molar-refractivity contribution in [2.75, 3.05) is 0 Å². The molecule has 1 N–H and O–H groups in total. The smallest absolute Gasteiger partial charge is 0.199 e. The van der Waals surface area contributed by atoms with Crippen molar-refractivity contribution in [3.8, 4) is 5.69 Å². The van der Waals surface area contributed by atoms with E-state index in [2.05, 4.69) is 10.2 Å². The highest BCUT2D eigenvalue weighted by Gasteiger charge is 2.30. The minimum Gasteiger partial charge on any atom is -0.269 e. The van der Waals surface area contributed by atoms with Crippen molar-refractivity contribution in [1.29, 1.82) is 0 Å². The molecule has 0 spiro atoms. The predicted octanol–water partition coefficient (Wildman–Crippen LogP) is 3.09. The van der Waals surface area contributed by atoms with Gasteiger partial charge in [0.15, 0.2) is 16.4 Å². The Balaban J connectivity index is 2.24. The highest BCUT2D eigenvalue weighted by molar-refractivity contribution is 7.71. The maximum Gasteiger partial charge on any atom is 0.199 e. The maximum absolute atomic E-state index is 13.7. The van der Waals surface area contributed by atoms with Crippen LogP contribution in [0.2, 0.25) is 0 Å². The fourth-order valence-corrected chi connectivity index (χ4v) is 2.06. The molecular weight excluding hydrogens is 244 g/mol. The number of aromatic amines is 1. The number of nitrogens with one attached hydrogen (secondary N) is 1. The van der Waals surface area contributed by atoms with E-state index >= 15 is 0 Å². The molecule has 1 aliphatic rings. The van der Waals surface area contributed by atoms with E-state index in [1.165, 1.54) is 16.7 Å². The number of benzene rings is 1. The van der Waals surface area contributed by atoms with Gasteiger partial charge in [-0.05, 0) is 37.2 Å². The van der Waals surface area contributed by atoms with Crippen LogP contribution in [0.3, 0.4) is 0 Å². The van der Waals surface area contributed by atoms with Crippen molar-refractivity contribution < 1.29 is 8.78 Å². The molecule has 2 aromatic rings. The summed E-state index contributed by atoms with van der Waals surface area (Å²) in [6.45, 7) is 0. The van der Waals surface area contributed by atoms with Gasteiger partial charge in [-0.1, -0.05) is 6.07 Å². The SMILES string of the molecule is Fc1cccc(-n2c(C3CC3)n[nH]c2=S)c1F. The first kappa shape index (κ1) is 10.6. The summed E-state index contributed by atoms with van der Waals surface area (Å²) < 4.78 is 28.7. The second kappa shape index (κ2) is 3.73. The molecular formula is C11H9F2N3S. The molecule has 1 aliphatic carbocycles. The summed E-state index contributed by atoms with van der Waals surface area (Å²) in [6.07, 6.45) is 2.02. The van der Waals surface area contributed by atoms with Gasteiger partial charge in [-0.2, -0.15) is 5.10 Å². The Morgan fingerprint density at radius 2 is 2.12 bits per heavy atom. The molecule has 0 saturated heterocycles. The molecule has 1 heterocycles. The lowest BCUT2D eigenvalue weighted by Gasteiger charge is -2.07. The van der Waals surface area contributed by atoms with E-state index < -0.39 is 11.6 Å². The van der Waals surface area contributed by atoms with Crippen molar-refractivity contribution in [2.24, 2.45) is 0 Å². The summed E-state index contributed by atoms with van der Waals surface area (Å²) in [7, 11) is 0. The molecule has 0 atom stereocenters. The molecule has 1 aromatic heterocycles. The average molecular weight is 253 g/mol. The first-order valence-corrected chi connectivity index (χ1v) is 5.71. The number of rotatable bonds is 2. The number of H-pyrrole nitrogens is 1. The highest BCUT2D eigenvalue weighted by atomic mass is 32.1. The fourth-order valence-electron chi connectivity index (χ4n) is 1.82. The van der Waals surface area contributed by atoms with Crippen LogP contribution < -0.4 is 0 Å². The van der Waals surface area contributed by atoms with Gasteiger partial charge in [-0.3, -0.25) is 9.67 Å². The van der Waals surface area contributed by atoms with E-state index in [9.17, 15) is 8.78 Å². The van der Waals surface area contributed by atoms with Crippen LogP contribution in [0, 0.1) is 16.4 Å². The predicted molar refractivity (Wildman–Crippen MR) is 60.6 cm³/mol. The molecule has 0 amide bonds. The van der Waals surface area contributed by atoms with Gasteiger partial charge < -0.3 is 0 Å². The molecule has 0 radical (unpaired) electrons. The van der Waals surface area contributed by atoms with Gasteiger partial charge in [-0.15, -0.1) is 0 Å². The second-order valence-corrected chi connectivity index (χ2v) is 4.46. The molecule has 0 unspecified atom stereocenters. The summed E-state index contributed by atoms with van der Waals surface area (Å²) in [5.74, 6) is -0.802. The van der Waals surface area contributed by atoms with E-state index in [-0.39, 0.29) is 10.5 Å². The van der Waals surface area contributed by atoms with E-state index in [1.807, 2.05) is 0 Å². The molecule has 17 heavy (non-hydrogen) atoms. The maximum atomic E-state index is 13.7. The molecule has 0 aliphatic heterocycles. The van der Waals surface area contributed by atoms with Crippen LogP contribution in [-0.4, -0.2) is 14.8 Å². The fraction of sp³-hybridized carbons (Fsp3) is 0.273. The lowest BCUT2D eigenvalue weighted by atomic mass is 10.2. The summed E-state index contributed by atoms with van der Waals surface area (Å²) >= 11 is 5.06. The number of hydrogen-bond donors (Lipinski definition) is 1. The zero-order valence-corrected chi connectivity index (χ0v) is 9.60. The summed E-state index contributed by atoms with van der Waals surface area (Å²) in [6, 6.07) is 4.04. The Hall–Kier alpha value is -1.56. The second-order valence-electron chi connectivity index (χ2n) is 4.07. The summed E-state index contributed by atoms with van der Waals surface area (Å²) in [5.41, 5.74) is 0.116.